The fourth-order valence-electron chi connectivity index (χ4n) is 0.886. The van der Waals surface area contributed by atoms with Gasteiger partial charge in [-0.3, -0.25) is 0 Å². The van der Waals surface area contributed by atoms with Crippen molar-refractivity contribution in [2.45, 2.75) is 5.25 Å². The quantitative estimate of drug-likeness (QED) is 0.471. The van der Waals surface area contributed by atoms with Gasteiger partial charge in [-0.1, -0.05) is 18.2 Å². The van der Waals surface area contributed by atoms with Crippen LogP contribution in [0.25, 0.3) is 0 Å². The Bertz CT molecular complexity index is 187. The second-order valence-corrected chi connectivity index (χ2v) is 2.83. The topological polar surface area (TPSA) is 0 Å². The third-order valence-electron chi connectivity index (χ3n) is 1.32. The fraction of sp³-hybridized carbons (Fsp3) is 0.143. The van der Waals surface area contributed by atoms with Crippen LogP contribution < -0.4 is 0 Å². The van der Waals surface area contributed by atoms with E-state index in [2.05, 4.69) is 29.7 Å². The highest BCUT2D eigenvalue weighted by atomic mass is 32.2. The fourth-order valence-corrected chi connectivity index (χ4v) is 1.69. The molecule has 1 heterocycles. The molecular formula is C7H5S. The third kappa shape index (κ3) is 0.480. The molecule has 0 N–H and O–H groups in total. The Kier molecular flexibility index (Phi) is 0.847. The van der Waals surface area contributed by atoms with Gasteiger partial charge in [0, 0.05) is 5.41 Å². The van der Waals surface area contributed by atoms with Gasteiger partial charge in [0.05, 0.1) is 5.25 Å². The van der Waals surface area contributed by atoms with Crippen molar-refractivity contribution in [3.05, 3.63) is 35.3 Å². The molecule has 8 heavy (non-hydrogen) atoms. The smallest absolute Gasteiger partial charge is 0.0528 e. The van der Waals surface area contributed by atoms with E-state index >= 15 is 0 Å². The summed E-state index contributed by atoms with van der Waals surface area (Å²) >= 11 is 1.75. The van der Waals surface area contributed by atoms with Gasteiger partial charge in [0.2, 0.25) is 0 Å². The Balaban J connectivity index is 2.39. The van der Waals surface area contributed by atoms with Crippen molar-refractivity contribution < 1.29 is 0 Å². The van der Waals surface area contributed by atoms with Crippen LogP contribution in [-0.4, -0.2) is 5.25 Å². The monoisotopic (exact) mass is 121 g/mol. The molecule has 2 aliphatic rings. The van der Waals surface area contributed by atoms with E-state index in [9.17, 15) is 0 Å². The lowest BCUT2D eigenvalue weighted by Gasteiger charge is -1.95. The van der Waals surface area contributed by atoms with Gasteiger partial charge in [-0.25, -0.2) is 0 Å². The van der Waals surface area contributed by atoms with Crippen LogP contribution in [0.3, 0.4) is 0 Å². The molecule has 0 amide bonds. The number of rotatable bonds is 0. The Morgan fingerprint density at radius 3 is 3.50 bits per heavy atom. The van der Waals surface area contributed by atoms with Crippen LogP contribution in [0.15, 0.2) is 29.9 Å². The van der Waals surface area contributed by atoms with E-state index in [4.69, 9.17) is 0 Å². The van der Waals surface area contributed by atoms with Crippen molar-refractivity contribution in [2.24, 2.45) is 0 Å². The molecule has 0 saturated carbocycles. The van der Waals surface area contributed by atoms with Gasteiger partial charge in [0.25, 0.3) is 0 Å². The maximum absolute atomic E-state index is 3.10. The van der Waals surface area contributed by atoms with Crippen LogP contribution in [0.4, 0.5) is 0 Å². The number of hydrogen-bond donors (Lipinski definition) is 0. The van der Waals surface area contributed by atoms with E-state index in [1.54, 1.807) is 11.8 Å². The zero-order valence-corrected chi connectivity index (χ0v) is 5.11. The first kappa shape index (κ1) is 4.45. The van der Waals surface area contributed by atoms with Crippen LogP contribution in [0, 0.1) is 5.41 Å². The van der Waals surface area contributed by atoms with Gasteiger partial charge in [-0.05, 0) is 11.6 Å². The first-order valence-corrected chi connectivity index (χ1v) is 3.47. The van der Waals surface area contributed by atoms with Gasteiger partial charge in [-0.2, -0.15) is 0 Å². The van der Waals surface area contributed by atoms with Gasteiger partial charge in [-0.15, -0.1) is 11.8 Å². The Labute approximate surface area is 53.0 Å². The summed E-state index contributed by atoms with van der Waals surface area (Å²) in [5, 5.41) is 3.70. The number of allylic oxidation sites excluding steroid dienone is 3. The predicted molar refractivity (Wildman–Crippen MR) is 36.4 cm³/mol. The minimum atomic E-state index is 0.606. The molecular weight excluding hydrogens is 116 g/mol. The highest BCUT2D eigenvalue weighted by Gasteiger charge is 2.15. The highest BCUT2D eigenvalue weighted by Crippen LogP contribution is 2.32. The lowest BCUT2D eigenvalue weighted by atomic mass is 10.2. The van der Waals surface area contributed by atoms with Gasteiger partial charge in [0.15, 0.2) is 0 Å². The number of fused-ring (bicyclic) bond motifs is 1. The molecule has 1 heteroatoms. The number of hydrogen-bond acceptors (Lipinski definition) is 1. The second-order valence-electron chi connectivity index (χ2n) is 1.85. The summed E-state index contributed by atoms with van der Waals surface area (Å²) < 4.78 is 0. The summed E-state index contributed by atoms with van der Waals surface area (Å²) in [5.74, 6) is 0. The minimum absolute atomic E-state index is 0.606. The average Bonchev–Trinajstić information content (AvgIpc) is 2.15. The average molecular weight is 121 g/mol. The summed E-state index contributed by atoms with van der Waals surface area (Å²) in [6.45, 7) is 0. The number of thioether (sulfide) groups is 1. The van der Waals surface area contributed by atoms with E-state index in [0.717, 1.165) is 0 Å². The van der Waals surface area contributed by atoms with Crippen LogP contribution in [0.5, 0.6) is 0 Å². The summed E-state index contributed by atoms with van der Waals surface area (Å²) in [7, 11) is 0. The molecule has 0 nitrogen and oxygen atoms in total. The molecule has 39 valence electrons. The summed E-state index contributed by atoms with van der Waals surface area (Å²) in [5.41, 5.74) is 1.40. The van der Waals surface area contributed by atoms with Crippen LogP contribution >= 0.6 is 11.8 Å². The zero-order chi connectivity index (χ0) is 5.40. The van der Waals surface area contributed by atoms with Crippen LogP contribution in [0.2, 0.25) is 0 Å². The molecule has 2 rings (SSSR count). The second kappa shape index (κ2) is 1.52. The van der Waals surface area contributed by atoms with E-state index in [0.29, 0.717) is 5.25 Å². The van der Waals surface area contributed by atoms with E-state index in [1.165, 1.54) is 5.57 Å². The first-order chi connectivity index (χ1) is 3.97. The zero-order valence-electron chi connectivity index (χ0n) is 4.29. The van der Waals surface area contributed by atoms with Crippen molar-refractivity contribution in [2.75, 3.05) is 0 Å². The van der Waals surface area contributed by atoms with E-state index in [1.807, 2.05) is 0 Å². The predicted octanol–water partition coefficient (Wildman–Crippen LogP) is 1.91. The van der Waals surface area contributed by atoms with Crippen molar-refractivity contribution in [1.29, 1.82) is 0 Å². The summed E-state index contributed by atoms with van der Waals surface area (Å²) in [4.78, 5) is 0. The maximum atomic E-state index is 3.10. The van der Waals surface area contributed by atoms with E-state index < -0.39 is 0 Å². The maximum Gasteiger partial charge on any atom is 0.0528 e. The van der Waals surface area contributed by atoms with Gasteiger partial charge < -0.3 is 0 Å². The molecule has 0 aromatic rings. The Morgan fingerprint density at radius 1 is 1.62 bits per heavy atom. The first-order valence-electron chi connectivity index (χ1n) is 2.59. The molecule has 0 bridgehead atoms. The minimum Gasteiger partial charge on any atom is -0.113 e. The molecule has 1 aliphatic carbocycles. The Morgan fingerprint density at radius 2 is 2.62 bits per heavy atom. The molecule has 0 fully saturated rings. The molecule has 1 atom stereocenters. The SMILES string of the molecule is [C]1=CC2=CC=CC2S1. The van der Waals surface area contributed by atoms with E-state index in [-0.39, 0.29) is 0 Å². The lowest BCUT2D eigenvalue weighted by molar-refractivity contribution is 1.39. The van der Waals surface area contributed by atoms with Gasteiger partial charge >= 0.3 is 0 Å². The molecule has 1 unspecified atom stereocenters. The molecule has 1 radical (unpaired) electrons. The van der Waals surface area contributed by atoms with Crippen LogP contribution in [-0.2, 0) is 0 Å². The van der Waals surface area contributed by atoms with Crippen molar-refractivity contribution >= 4 is 11.8 Å². The molecule has 0 aromatic carbocycles. The molecule has 0 spiro atoms. The molecule has 1 aliphatic heterocycles. The van der Waals surface area contributed by atoms with Crippen molar-refractivity contribution in [1.82, 2.24) is 0 Å². The lowest BCUT2D eigenvalue weighted by Crippen LogP contribution is -1.88. The standard InChI is InChI=1S/C7H5S/c1-2-6-4-5-8-7(6)3-1/h1-4,7H. The normalized spacial score (nSPS) is 31.0. The summed E-state index contributed by atoms with van der Waals surface area (Å²) in [6.07, 6.45) is 8.48. The highest BCUT2D eigenvalue weighted by molar-refractivity contribution is 8.02. The molecule has 0 aromatic heterocycles. The van der Waals surface area contributed by atoms with Gasteiger partial charge in [0.1, 0.15) is 0 Å². The third-order valence-corrected chi connectivity index (χ3v) is 2.26. The summed E-state index contributed by atoms with van der Waals surface area (Å²) in [6, 6.07) is 0. The molecule has 0 saturated heterocycles. The Hall–Kier alpha value is -0.430. The van der Waals surface area contributed by atoms with Crippen LogP contribution in [0.1, 0.15) is 0 Å². The van der Waals surface area contributed by atoms with Crippen molar-refractivity contribution in [3.63, 3.8) is 0 Å². The van der Waals surface area contributed by atoms with Crippen molar-refractivity contribution in [3.8, 4) is 0 Å². The largest absolute Gasteiger partial charge is 0.113 e.